The molecule has 8 rings (SSSR count). The van der Waals surface area contributed by atoms with Gasteiger partial charge in [0.05, 0.1) is 16.9 Å². The Kier molecular flexibility index (Phi) is 6.92. The Morgan fingerprint density at radius 3 is 2.76 bits per heavy atom. The fourth-order valence-corrected chi connectivity index (χ4v) is 8.58. The predicted molar refractivity (Wildman–Crippen MR) is 171 cm³/mol. The Morgan fingerprint density at radius 1 is 1.20 bits per heavy atom. The van der Waals surface area contributed by atoms with Gasteiger partial charge in [-0.1, -0.05) is 13.0 Å². The SMILES string of the molecule is CCc1c(F)ccc2cc(O)cc(-n3ccc4c(N5CC6CCC(C5)N6)c(C#N)c(OC[C@@]56CCCN5C[C@H](F)C6)nc4c3=O)c12. The number of benzene rings is 2. The van der Waals surface area contributed by atoms with Crippen molar-refractivity contribution < 1.29 is 18.6 Å². The molecule has 4 aliphatic heterocycles. The molecule has 4 saturated heterocycles. The molecule has 4 atom stereocenters. The predicted octanol–water partition coefficient (Wildman–Crippen LogP) is 4.71. The monoisotopic (exact) mass is 626 g/mol. The van der Waals surface area contributed by atoms with E-state index in [0.29, 0.717) is 65.6 Å². The summed E-state index contributed by atoms with van der Waals surface area (Å²) in [5.41, 5.74) is 0.829. The van der Waals surface area contributed by atoms with Crippen molar-refractivity contribution in [3.63, 3.8) is 0 Å². The van der Waals surface area contributed by atoms with E-state index in [9.17, 15) is 19.6 Å². The molecule has 238 valence electrons. The number of pyridine rings is 2. The third-order valence-electron chi connectivity index (χ3n) is 10.6. The van der Waals surface area contributed by atoms with Crippen LogP contribution in [0.4, 0.5) is 14.5 Å². The van der Waals surface area contributed by atoms with Crippen LogP contribution >= 0.6 is 0 Å². The first-order valence-corrected chi connectivity index (χ1v) is 16.3. The molecule has 2 aromatic heterocycles. The van der Waals surface area contributed by atoms with Crippen molar-refractivity contribution in [3.8, 4) is 23.4 Å². The van der Waals surface area contributed by atoms with E-state index >= 15 is 4.39 Å². The molecule has 4 aliphatic rings. The highest BCUT2D eigenvalue weighted by Crippen LogP contribution is 2.42. The number of nitriles is 1. The van der Waals surface area contributed by atoms with Crippen molar-refractivity contribution in [2.75, 3.05) is 37.7 Å². The van der Waals surface area contributed by atoms with Gasteiger partial charge in [-0.2, -0.15) is 5.26 Å². The first kappa shape index (κ1) is 29.2. The van der Waals surface area contributed by atoms with Crippen molar-refractivity contribution in [3.05, 3.63) is 63.8 Å². The minimum absolute atomic E-state index is 0.0555. The zero-order chi connectivity index (χ0) is 31.7. The standard InChI is InChI=1S/C35H36F2N6O3/c1-2-25-28(37)7-4-20-12-24(44)13-29(30(20)25)43-11-8-26-31(34(43)45)40-33(46-19-35-9-3-10-42(35)16-21(36)14-35)27(15-38)32(26)41-17-22-5-6-23(18-41)39-22/h4,7-8,11-13,21-23,39,44H,2-3,5-6,9-10,14,16-19H2,1H3/t21-,22?,23?,35+/m1/s1. The lowest BCUT2D eigenvalue weighted by Crippen LogP contribution is -2.51. The van der Waals surface area contributed by atoms with Gasteiger partial charge in [-0.25, -0.2) is 13.8 Å². The lowest BCUT2D eigenvalue weighted by molar-refractivity contribution is 0.110. The number of anilines is 1. The Bertz CT molecular complexity index is 1980. The third kappa shape index (κ3) is 4.53. The Balaban J connectivity index is 1.33. The number of nitrogens with zero attached hydrogens (tertiary/aromatic N) is 5. The maximum atomic E-state index is 15.0. The molecule has 11 heteroatoms. The number of aryl methyl sites for hydroxylation is 1. The number of alkyl halides is 1. The van der Waals surface area contributed by atoms with Crippen LogP contribution in [-0.2, 0) is 6.42 Å². The number of rotatable bonds is 6. The van der Waals surface area contributed by atoms with E-state index in [1.165, 1.54) is 16.7 Å². The molecule has 2 aromatic carbocycles. The summed E-state index contributed by atoms with van der Waals surface area (Å²) >= 11 is 0. The molecule has 4 fully saturated rings. The van der Waals surface area contributed by atoms with Gasteiger partial charge in [-0.05, 0) is 67.8 Å². The van der Waals surface area contributed by atoms with Gasteiger partial charge in [0.2, 0.25) is 5.88 Å². The molecule has 0 aliphatic carbocycles. The van der Waals surface area contributed by atoms with Crippen LogP contribution in [0.3, 0.4) is 0 Å². The Labute approximate surface area is 265 Å². The molecule has 2 N–H and O–H groups in total. The summed E-state index contributed by atoms with van der Waals surface area (Å²) in [6.45, 7) is 4.54. The fourth-order valence-electron chi connectivity index (χ4n) is 8.58. The normalized spacial score (nSPS) is 25.8. The van der Waals surface area contributed by atoms with Crippen molar-refractivity contribution in [2.24, 2.45) is 0 Å². The van der Waals surface area contributed by atoms with E-state index < -0.39 is 17.3 Å². The summed E-state index contributed by atoms with van der Waals surface area (Å²) < 4.78 is 37.4. The van der Waals surface area contributed by atoms with Gasteiger partial charge in [-0.3, -0.25) is 14.3 Å². The molecular weight excluding hydrogens is 590 g/mol. The highest BCUT2D eigenvalue weighted by molar-refractivity contribution is 5.98. The van der Waals surface area contributed by atoms with Gasteiger partial charge >= 0.3 is 0 Å². The number of fused-ring (bicyclic) bond motifs is 5. The smallest absolute Gasteiger partial charge is 0.281 e. The van der Waals surface area contributed by atoms with Crippen molar-refractivity contribution in [2.45, 2.75) is 69.2 Å². The summed E-state index contributed by atoms with van der Waals surface area (Å²) in [4.78, 5) is 23.5. The van der Waals surface area contributed by atoms with Crippen LogP contribution in [0.2, 0.25) is 0 Å². The number of halogens is 2. The van der Waals surface area contributed by atoms with E-state index in [1.807, 2.05) is 6.92 Å². The molecule has 4 aromatic rings. The lowest BCUT2D eigenvalue weighted by Gasteiger charge is -2.36. The van der Waals surface area contributed by atoms with Crippen molar-refractivity contribution >= 4 is 27.4 Å². The van der Waals surface area contributed by atoms with E-state index in [1.54, 1.807) is 24.4 Å². The third-order valence-corrected chi connectivity index (χ3v) is 10.6. The number of piperazine rings is 1. The summed E-state index contributed by atoms with van der Waals surface area (Å²) in [6.07, 6.45) is 5.25. The van der Waals surface area contributed by atoms with Crippen LogP contribution in [0.5, 0.6) is 11.6 Å². The number of aromatic nitrogens is 2. The summed E-state index contributed by atoms with van der Waals surface area (Å²) in [7, 11) is 0. The van der Waals surface area contributed by atoms with E-state index in [4.69, 9.17) is 9.72 Å². The number of phenols is 1. The Hall–Kier alpha value is -4.27. The second kappa shape index (κ2) is 10.9. The average Bonchev–Trinajstić information content (AvgIpc) is 3.69. The van der Waals surface area contributed by atoms with Crippen LogP contribution < -0.4 is 20.5 Å². The van der Waals surface area contributed by atoms with Crippen LogP contribution in [0.15, 0.2) is 41.3 Å². The van der Waals surface area contributed by atoms with E-state index in [0.717, 1.165) is 32.2 Å². The molecule has 2 unspecified atom stereocenters. The van der Waals surface area contributed by atoms with E-state index in [2.05, 4.69) is 21.2 Å². The quantitative estimate of drug-likeness (QED) is 0.317. The highest BCUT2D eigenvalue weighted by atomic mass is 19.1. The maximum Gasteiger partial charge on any atom is 0.281 e. The second-order valence-corrected chi connectivity index (χ2v) is 13.4. The number of aromatic hydroxyl groups is 1. The summed E-state index contributed by atoms with van der Waals surface area (Å²) in [6, 6.07) is 10.6. The van der Waals surface area contributed by atoms with Gasteiger partial charge in [0.15, 0.2) is 0 Å². The van der Waals surface area contributed by atoms with Crippen LogP contribution in [0, 0.1) is 17.1 Å². The van der Waals surface area contributed by atoms with Gasteiger partial charge in [-0.15, -0.1) is 0 Å². The van der Waals surface area contributed by atoms with Crippen LogP contribution in [0.1, 0.15) is 50.2 Å². The number of hydrogen-bond donors (Lipinski definition) is 2. The average molecular weight is 627 g/mol. The van der Waals surface area contributed by atoms with E-state index in [-0.39, 0.29) is 47.2 Å². The van der Waals surface area contributed by atoms with Crippen LogP contribution in [-0.4, -0.2) is 76.1 Å². The molecule has 0 amide bonds. The molecule has 46 heavy (non-hydrogen) atoms. The summed E-state index contributed by atoms with van der Waals surface area (Å²) in [5.74, 6) is -0.378. The molecule has 0 saturated carbocycles. The molecule has 0 radical (unpaired) electrons. The molecule has 6 heterocycles. The molecule has 9 nitrogen and oxygen atoms in total. The number of ether oxygens (including phenoxy) is 1. The van der Waals surface area contributed by atoms with Gasteiger partial charge in [0, 0.05) is 61.2 Å². The van der Waals surface area contributed by atoms with Gasteiger partial charge in [0.1, 0.15) is 41.5 Å². The number of hydrogen-bond acceptors (Lipinski definition) is 8. The van der Waals surface area contributed by atoms with Gasteiger partial charge in [0.25, 0.3) is 5.56 Å². The number of phenolic OH excluding ortho intramolecular Hbond substituents is 1. The first-order valence-electron chi connectivity index (χ1n) is 16.3. The second-order valence-electron chi connectivity index (χ2n) is 13.4. The largest absolute Gasteiger partial charge is 0.508 e. The Morgan fingerprint density at radius 2 is 2.00 bits per heavy atom. The van der Waals surface area contributed by atoms with Gasteiger partial charge < -0.3 is 20.1 Å². The molecular formula is C35H36F2N6O3. The minimum Gasteiger partial charge on any atom is -0.508 e. The zero-order valence-electron chi connectivity index (χ0n) is 25.7. The topological polar surface area (TPSA) is 107 Å². The molecule has 2 bridgehead atoms. The van der Waals surface area contributed by atoms with Crippen molar-refractivity contribution in [1.29, 1.82) is 5.26 Å². The first-order chi connectivity index (χ1) is 22.3. The minimum atomic E-state index is -0.932. The highest BCUT2D eigenvalue weighted by Gasteiger charge is 2.49. The molecule has 0 spiro atoms. The summed E-state index contributed by atoms with van der Waals surface area (Å²) in [5, 5.41) is 26.5. The zero-order valence-corrected chi connectivity index (χ0v) is 25.7. The maximum absolute atomic E-state index is 15.0. The van der Waals surface area contributed by atoms with Crippen molar-refractivity contribution in [1.82, 2.24) is 19.8 Å². The fraction of sp³-hybridized carbons (Fsp3) is 0.457. The number of nitrogens with one attached hydrogen (secondary N) is 1. The van der Waals surface area contributed by atoms with Crippen LogP contribution in [0.25, 0.3) is 27.4 Å². The lowest BCUT2D eigenvalue weighted by atomic mass is 9.95.